The Balaban J connectivity index is 1.85. The third-order valence-corrected chi connectivity index (χ3v) is 3.82. The number of hydrogen-bond acceptors (Lipinski definition) is 5. The lowest BCUT2D eigenvalue weighted by Gasteiger charge is -2.09. The fraction of sp³-hybridized carbons (Fsp3) is 0.467. The van der Waals surface area contributed by atoms with Crippen LogP contribution in [0, 0.1) is 11.7 Å². The highest BCUT2D eigenvalue weighted by Crippen LogP contribution is 2.22. The van der Waals surface area contributed by atoms with Crippen molar-refractivity contribution in [2.45, 2.75) is 43.4 Å². The molecule has 0 radical (unpaired) electrons. The van der Waals surface area contributed by atoms with E-state index in [0.717, 1.165) is 4.90 Å². The highest BCUT2D eigenvalue weighted by Gasteiger charge is 2.13. The average molecular weight is 310 g/mol. The smallest absolute Gasteiger partial charge is 0.229 e. The second-order valence-electron chi connectivity index (χ2n) is 5.34. The molecule has 4 nitrogen and oxygen atoms in total. The Labute approximate surface area is 127 Å². The highest BCUT2D eigenvalue weighted by atomic mass is 32.2. The van der Waals surface area contributed by atoms with Gasteiger partial charge in [0, 0.05) is 4.90 Å². The first-order chi connectivity index (χ1) is 10.0. The van der Waals surface area contributed by atoms with E-state index >= 15 is 0 Å². The molecule has 2 aromatic rings. The second-order valence-corrected chi connectivity index (χ2v) is 6.39. The molecule has 0 fully saturated rings. The van der Waals surface area contributed by atoms with Gasteiger partial charge in [-0.3, -0.25) is 0 Å². The normalized spacial score (nSPS) is 12.8. The Morgan fingerprint density at radius 2 is 2.19 bits per heavy atom. The Morgan fingerprint density at radius 1 is 1.38 bits per heavy atom. The second kappa shape index (κ2) is 7.56. The minimum absolute atomic E-state index is 0.259. The highest BCUT2D eigenvalue weighted by molar-refractivity contribution is 7.98. The lowest BCUT2D eigenvalue weighted by atomic mass is 10.0. The van der Waals surface area contributed by atoms with E-state index in [1.54, 1.807) is 6.07 Å². The largest absolute Gasteiger partial charge is 0.393 e. The molecular formula is C15H19FN2O2S. The maximum atomic E-state index is 13.1. The van der Waals surface area contributed by atoms with Gasteiger partial charge in [-0.2, -0.15) is 4.98 Å². The maximum absolute atomic E-state index is 13.1. The van der Waals surface area contributed by atoms with Gasteiger partial charge in [-0.1, -0.05) is 25.1 Å². The third-order valence-electron chi connectivity index (χ3n) is 2.83. The van der Waals surface area contributed by atoms with Crippen LogP contribution in [0.3, 0.4) is 0 Å². The molecule has 0 saturated heterocycles. The Hall–Kier alpha value is -1.40. The number of rotatable bonds is 7. The van der Waals surface area contributed by atoms with Crippen LogP contribution < -0.4 is 0 Å². The van der Waals surface area contributed by atoms with E-state index in [4.69, 9.17) is 4.52 Å². The molecule has 0 aliphatic carbocycles. The van der Waals surface area contributed by atoms with Crippen LogP contribution in [0.5, 0.6) is 0 Å². The molecule has 1 heterocycles. The van der Waals surface area contributed by atoms with Crippen molar-refractivity contribution >= 4 is 11.8 Å². The molecule has 0 aliphatic rings. The SMILES string of the molecule is CC(C)CC(O)Cc1nc(CSc2cccc(F)c2)no1. The van der Waals surface area contributed by atoms with Crippen molar-refractivity contribution in [3.8, 4) is 0 Å². The first kappa shape index (κ1) is 16.0. The summed E-state index contributed by atoms with van der Waals surface area (Å²) < 4.78 is 18.2. The molecule has 0 aliphatic heterocycles. The zero-order valence-electron chi connectivity index (χ0n) is 12.1. The standard InChI is InChI=1S/C15H19FN2O2S/c1-10(2)6-12(19)8-15-17-14(18-20-15)9-21-13-5-3-4-11(16)7-13/h3-5,7,10,12,19H,6,8-9H2,1-2H3. The molecule has 0 bridgehead atoms. The summed E-state index contributed by atoms with van der Waals surface area (Å²) in [6, 6.07) is 6.38. The summed E-state index contributed by atoms with van der Waals surface area (Å²) in [5, 5.41) is 13.7. The zero-order chi connectivity index (χ0) is 15.2. The van der Waals surface area contributed by atoms with Gasteiger partial charge < -0.3 is 9.63 Å². The molecule has 1 aromatic carbocycles. The molecule has 21 heavy (non-hydrogen) atoms. The average Bonchev–Trinajstić information content (AvgIpc) is 2.83. The van der Waals surface area contributed by atoms with Crippen LogP contribution in [-0.4, -0.2) is 21.4 Å². The summed E-state index contributed by atoms with van der Waals surface area (Å²) in [6.07, 6.45) is 0.611. The molecule has 2 rings (SSSR count). The molecule has 0 spiro atoms. The third kappa shape index (κ3) is 5.47. The molecule has 1 aromatic heterocycles. The summed E-state index contributed by atoms with van der Waals surface area (Å²) in [6.45, 7) is 4.11. The van der Waals surface area contributed by atoms with Crippen LogP contribution in [0.2, 0.25) is 0 Å². The predicted molar refractivity (Wildman–Crippen MR) is 79.4 cm³/mol. The van der Waals surface area contributed by atoms with Crippen molar-refractivity contribution in [2.24, 2.45) is 5.92 Å². The number of aliphatic hydroxyl groups is 1. The van der Waals surface area contributed by atoms with Crippen LogP contribution >= 0.6 is 11.8 Å². The Kier molecular flexibility index (Phi) is 5.76. The number of aromatic nitrogens is 2. The van der Waals surface area contributed by atoms with Gasteiger partial charge in [0.05, 0.1) is 18.3 Å². The van der Waals surface area contributed by atoms with Crippen molar-refractivity contribution in [1.29, 1.82) is 0 Å². The predicted octanol–water partition coefficient (Wildman–Crippen LogP) is 3.45. The van der Waals surface area contributed by atoms with E-state index in [9.17, 15) is 9.50 Å². The van der Waals surface area contributed by atoms with E-state index in [0.29, 0.717) is 36.2 Å². The summed E-state index contributed by atoms with van der Waals surface area (Å²) in [4.78, 5) is 5.06. The number of benzene rings is 1. The van der Waals surface area contributed by atoms with Gasteiger partial charge in [-0.25, -0.2) is 4.39 Å². The van der Waals surface area contributed by atoms with Crippen molar-refractivity contribution < 1.29 is 14.0 Å². The molecule has 6 heteroatoms. The maximum Gasteiger partial charge on any atom is 0.229 e. The van der Waals surface area contributed by atoms with Gasteiger partial charge in [-0.05, 0) is 30.5 Å². The monoisotopic (exact) mass is 310 g/mol. The van der Waals surface area contributed by atoms with Gasteiger partial charge in [0.15, 0.2) is 5.82 Å². The summed E-state index contributed by atoms with van der Waals surface area (Å²) in [7, 11) is 0. The zero-order valence-corrected chi connectivity index (χ0v) is 12.9. The van der Waals surface area contributed by atoms with Crippen LogP contribution in [-0.2, 0) is 12.2 Å². The van der Waals surface area contributed by atoms with Crippen LogP contribution in [0.15, 0.2) is 33.7 Å². The van der Waals surface area contributed by atoms with Gasteiger partial charge >= 0.3 is 0 Å². The fourth-order valence-corrected chi connectivity index (χ4v) is 2.75. The number of nitrogens with zero attached hydrogens (tertiary/aromatic N) is 2. The van der Waals surface area contributed by atoms with Gasteiger partial charge in [0.25, 0.3) is 0 Å². The number of aliphatic hydroxyl groups excluding tert-OH is 1. The minimum Gasteiger partial charge on any atom is -0.393 e. The fourth-order valence-electron chi connectivity index (χ4n) is 1.97. The molecule has 1 N–H and O–H groups in total. The number of hydrogen-bond donors (Lipinski definition) is 1. The molecule has 0 saturated carbocycles. The van der Waals surface area contributed by atoms with Crippen LogP contribution in [0.25, 0.3) is 0 Å². The quantitative estimate of drug-likeness (QED) is 0.794. The Bertz CT molecular complexity index is 574. The van der Waals surface area contributed by atoms with Crippen molar-refractivity contribution in [3.63, 3.8) is 0 Å². The minimum atomic E-state index is -0.464. The van der Waals surface area contributed by atoms with Crippen molar-refractivity contribution in [3.05, 3.63) is 41.8 Å². The summed E-state index contributed by atoms with van der Waals surface area (Å²) >= 11 is 1.44. The van der Waals surface area contributed by atoms with Gasteiger partial charge in [-0.15, -0.1) is 11.8 Å². The van der Waals surface area contributed by atoms with Crippen molar-refractivity contribution in [2.75, 3.05) is 0 Å². The van der Waals surface area contributed by atoms with E-state index < -0.39 is 6.10 Å². The van der Waals surface area contributed by atoms with E-state index in [-0.39, 0.29) is 5.82 Å². The van der Waals surface area contributed by atoms with Crippen LogP contribution in [0.1, 0.15) is 32.0 Å². The molecular weight excluding hydrogens is 291 g/mol. The number of thioether (sulfide) groups is 1. The topological polar surface area (TPSA) is 59.2 Å². The Morgan fingerprint density at radius 3 is 2.90 bits per heavy atom. The summed E-state index contributed by atoms with van der Waals surface area (Å²) in [5.74, 6) is 1.67. The van der Waals surface area contributed by atoms with Crippen LogP contribution in [0.4, 0.5) is 4.39 Å². The molecule has 0 amide bonds. The lowest BCUT2D eigenvalue weighted by molar-refractivity contribution is 0.138. The lowest BCUT2D eigenvalue weighted by Crippen LogP contribution is -2.13. The van der Waals surface area contributed by atoms with Gasteiger partial charge in [0.1, 0.15) is 5.82 Å². The molecule has 1 unspecified atom stereocenters. The molecule has 1 atom stereocenters. The number of halogens is 1. The van der Waals surface area contributed by atoms with E-state index in [1.165, 1.54) is 23.9 Å². The van der Waals surface area contributed by atoms with E-state index in [2.05, 4.69) is 24.0 Å². The van der Waals surface area contributed by atoms with Crippen molar-refractivity contribution in [1.82, 2.24) is 10.1 Å². The molecule has 114 valence electrons. The van der Waals surface area contributed by atoms with Gasteiger partial charge in [0.2, 0.25) is 5.89 Å². The first-order valence-corrected chi connectivity index (χ1v) is 7.89. The first-order valence-electron chi connectivity index (χ1n) is 6.91. The summed E-state index contributed by atoms with van der Waals surface area (Å²) in [5.41, 5.74) is 0. The van der Waals surface area contributed by atoms with E-state index in [1.807, 2.05) is 6.07 Å².